The number of hydrogen-bond donors (Lipinski definition) is 0. The van der Waals surface area contributed by atoms with E-state index in [1.165, 1.54) is 11.0 Å². The van der Waals surface area contributed by atoms with Gasteiger partial charge in [-0.15, -0.1) is 13.2 Å². The first-order chi connectivity index (χ1) is 18.3. The third kappa shape index (κ3) is 7.04. The van der Waals surface area contributed by atoms with Crippen LogP contribution in [0.4, 0.5) is 18.0 Å². The Kier molecular flexibility index (Phi) is 9.54. The molecule has 0 saturated carbocycles. The third-order valence-electron chi connectivity index (χ3n) is 7.20. The predicted molar refractivity (Wildman–Crippen MR) is 148 cm³/mol. The van der Waals surface area contributed by atoms with Crippen LogP contribution >= 0.6 is 11.6 Å². The Bertz CT molecular complexity index is 1220. The fraction of sp³-hybridized carbons (Fsp3) is 0.400. The van der Waals surface area contributed by atoms with E-state index in [1.54, 1.807) is 29.0 Å². The minimum absolute atomic E-state index is 0.0278. The molecule has 210 valence electrons. The number of allylic oxidation sites excluding steroid dienone is 2. The SMILES string of the molecule is C=CCC(C)(CC=C)C(=O)N1CCN(C(=O)N(C)Cc2cc(Cl)cc(C(F)(F)F)c2)C(c2ccccc2C)C1. The number of carbonyl (C=O) groups is 2. The second-order valence-corrected chi connectivity index (χ2v) is 10.8. The summed E-state index contributed by atoms with van der Waals surface area (Å²) in [5, 5.41) is -0.0484. The maximum absolute atomic E-state index is 13.7. The predicted octanol–water partition coefficient (Wildman–Crippen LogP) is 7.26. The van der Waals surface area contributed by atoms with Gasteiger partial charge in [0.2, 0.25) is 5.91 Å². The summed E-state index contributed by atoms with van der Waals surface area (Å²) in [7, 11) is 1.55. The zero-order valence-electron chi connectivity index (χ0n) is 22.6. The zero-order chi connectivity index (χ0) is 29.0. The lowest BCUT2D eigenvalue weighted by Gasteiger charge is -2.45. The maximum atomic E-state index is 13.7. The summed E-state index contributed by atoms with van der Waals surface area (Å²) in [6.45, 7) is 12.3. The van der Waals surface area contributed by atoms with Gasteiger partial charge in [-0.2, -0.15) is 13.2 Å². The summed E-state index contributed by atoms with van der Waals surface area (Å²) in [5.41, 5.74) is 0.607. The molecule has 0 bridgehead atoms. The van der Waals surface area contributed by atoms with E-state index in [4.69, 9.17) is 11.6 Å². The number of halogens is 4. The normalized spacial score (nSPS) is 16.1. The summed E-state index contributed by atoms with van der Waals surface area (Å²) in [4.78, 5) is 32.2. The first-order valence-electron chi connectivity index (χ1n) is 12.8. The molecule has 0 N–H and O–H groups in total. The van der Waals surface area contributed by atoms with Crippen molar-refractivity contribution in [3.8, 4) is 0 Å². The molecule has 0 spiro atoms. The number of nitrogens with zero attached hydrogens (tertiary/aromatic N) is 3. The van der Waals surface area contributed by atoms with Gasteiger partial charge in [-0.1, -0.05) is 54.9 Å². The number of aryl methyl sites for hydroxylation is 1. The standard InChI is InChI=1S/C30H35ClF3N3O2/c1-6-12-29(4,13-7-2)27(38)36-14-15-37(26(20-36)25-11-9-8-10-21(25)3)28(39)35(5)19-22-16-23(30(32,33)34)18-24(31)17-22/h6-11,16-18,26H,1-2,12-15,19-20H2,3-5H3. The van der Waals surface area contributed by atoms with Crippen molar-refractivity contribution in [2.24, 2.45) is 5.41 Å². The Morgan fingerprint density at radius 1 is 1.10 bits per heavy atom. The van der Waals surface area contributed by atoms with Crippen LogP contribution in [0.15, 0.2) is 67.8 Å². The van der Waals surface area contributed by atoms with Crippen LogP contribution in [0.1, 0.15) is 48.1 Å². The number of urea groups is 1. The van der Waals surface area contributed by atoms with E-state index in [0.717, 1.165) is 23.3 Å². The number of alkyl halides is 3. The van der Waals surface area contributed by atoms with Crippen molar-refractivity contribution >= 4 is 23.5 Å². The number of benzene rings is 2. The van der Waals surface area contributed by atoms with Crippen molar-refractivity contribution in [2.75, 3.05) is 26.7 Å². The number of piperazine rings is 1. The largest absolute Gasteiger partial charge is 0.416 e. The van der Waals surface area contributed by atoms with Gasteiger partial charge in [-0.3, -0.25) is 4.79 Å². The van der Waals surface area contributed by atoms with Crippen LogP contribution in [0.25, 0.3) is 0 Å². The molecule has 1 heterocycles. The summed E-state index contributed by atoms with van der Waals surface area (Å²) >= 11 is 5.95. The lowest BCUT2D eigenvalue weighted by molar-refractivity contribution is -0.143. The van der Waals surface area contributed by atoms with Gasteiger partial charge >= 0.3 is 12.2 Å². The van der Waals surface area contributed by atoms with Crippen molar-refractivity contribution in [2.45, 2.75) is 45.5 Å². The van der Waals surface area contributed by atoms with Gasteiger partial charge in [0.15, 0.2) is 0 Å². The van der Waals surface area contributed by atoms with Crippen LogP contribution < -0.4 is 0 Å². The van der Waals surface area contributed by atoms with Crippen LogP contribution in [0.2, 0.25) is 5.02 Å². The zero-order valence-corrected chi connectivity index (χ0v) is 23.4. The highest BCUT2D eigenvalue weighted by molar-refractivity contribution is 6.30. The van der Waals surface area contributed by atoms with Crippen LogP contribution in [-0.2, 0) is 17.5 Å². The summed E-state index contributed by atoms with van der Waals surface area (Å²) < 4.78 is 39.9. The molecule has 1 unspecified atom stereocenters. The highest BCUT2D eigenvalue weighted by Gasteiger charge is 2.41. The lowest BCUT2D eigenvalue weighted by atomic mass is 9.81. The van der Waals surface area contributed by atoms with Gasteiger partial charge in [0.1, 0.15) is 0 Å². The van der Waals surface area contributed by atoms with E-state index in [1.807, 2.05) is 38.1 Å². The second kappa shape index (κ2) is 12.3. The van der Waals surface area contributed by atoms with E-state index < -0.39 is 23.2 Å². The van der Waals surface area contributed by atoms with Gasteiger partial charge in [0, 0.05) is 38.2 Å². The van der Waals surface area contributed by atoms with Gasteiger partial charge in [-0.05, 0) is 54.7 Å². The van der Waals surface area contributed by atoms with Crippen LogP contribution in [0.5, 0.6) is 0 Å². The molecule has 0 radical (unpaired) electrons. The fourth-order valence-electron chi connectivity index (χ4n) is 5.17. The summed E-state index contributed by atoms with van der Waals surface area (Å²) in [6.07, 6.45) is -0.0979. The number of hydrogen-bond acceptors (Lipinski definition) is 2. The van der Waals surface area contributed by atoms with Gasteiger partial charge < -0.3 is 14.7 Å². The fourth-order valence-corrected chi connectivity index (χ4v) is 5.42. The second-order valence-electron chi connectivity index (χ2n) is 10.3. The van der Waals surface area contributed by atoms with Gasteiger partial charge in [0.05, 0.1) is 17.0 Å². The molecular weight excluding hydrogens is 527 g/mol. The number of amides is 3. The van der Waals surface area contributed by atoms with Crippen LogP contribution in [0.3, 0.4) is 0 Å². The van der Waals surface area contributed by atoms with Crippen LogP contribution in [-0.4, -0.2) is 53.3 Å². The molecule has 2 aromatic carbocycles. The van der Waals surface area contributed by atoms with E-state index in [-0.39, 0.29) is 35.6 Å². The lowest BCUT2D eigenvalue weighted by Crippen LogP contribution is -2.57. The summed E-state index contributed by atoms with van der Waals surface area (Å²) in [6, 6.07) is 10.2. The van der Waals surface area contributed by atoms with E-state index in [9.17, 15) is 22.8 Å². The topological polar surface area (TPSA) is 43.9 Å². The molecule has 1 aliphatic heterocycles. The monoisotopic (exact) mass is 561 g/mol. The Morgan fingerprint density at radius 3 is 2.33 bits per heavy atom. The molecule has 3 rings (SSSR count). The average molecular weight is 562 g/mol. The van der Waals surface area contributed by atoms with Gasteiger partial charge in [0.25, 0.3) is 0 Å². The molecule has 9 heteroatoms. The highest BCUT2D eigenvalue weighted by atomic mass is 35.5. The molecule has 1 saturated heterocycles. The molecule has 2 aromatic rings. The first-order valence-corrected chi connectivity index (χ1v) is 13.1. The minimum atomic E-state index is -4.55. The quantitative estimate of drug-likeness (QED) is 0.318. The van der Waals surface area contributed by atoms with E-state index >= 15 is 0 Å². The molecule has 1 aliphatic rings. The molecule has 0 aliphatic carbocycles. The third-order valence-corrected chi connectivity index (χ3v) is 7.42. The Balaban J connectivity index is 1.89. The van der Waals surface area contributed by atoms with E-state index in [2.05, 4.69) is 13.2 Å². The van der Waals surface area contributed by atoms with Crippen LogP contribution in [0, 0.1) is 12.3 Å². The van der Waals surface area contributed by atoms with Crippen molar-refractivity contribution in [3.05, 3.63) is 95.1 Å². The molecule has 1 fully saturated rings. The average Bonchev–Trinajstić information content (AvgIpc) is 2.87. The van der Waals surface area contributed by atoms with E-state index in [0.29, 0.717) is 25.9 Å². The van der Waals surface area contributed by atoms with Gasteiger partial charge in [-0.25, -0.2) is 4.79 Å². The highest BCUT2D eigenvalue weighted by Crippen LogP contribution is 2.35. The Hall–Kier alpha value is -3.26. The maximum Gasteiger partial charge on any atom is 0.416 e. The Morgan fingerprint density at radius 2 is 1.74 bits per heavy atom. The summed E-state index contributed by atoms with van der Waals surface area (Å²) in [5.74, 6) is -0.0278. The Labute approximate surface area is 233 Å². The van der Waals surface area contributed by atoms with Crippen molar-refractivity contribution < 1.29 is 22.8 Å². The molecular formula is C30H35ClF3N3O2. The number of rotatable bonds is 8. The smallest absolute Gasteiger partial charge is 0.338 e. The minimum Gasteiger partial charge on any atom is -0.338 e. The molecule has 1 atom stereocenters. The van der Waals surface area contributed by atoms with Crippen molar-refractivity contribution in [1.82, 2.24) is 14.7 Å². The van der Waals surface area contributed by atoms with Crippen molar-refractivity contribution in [1.29, 1.82) is 0 Å². The molecule has 0 aromatic heterocycles. The number of carbonyl (C=O) groups excluding carboxylic acids is 2. The molecule has 5 nitrogen and oxygen atoms in total. The first kappa shape index (κ1) is 30.3. The molecule has 39 heavy (non-hydrogen) atoms. The molecule has 3 amide bonds. The van der Waals surface area contributed by atoms with Crippen molar-refractivity contribution in [3.63, 3.8) is 0 Å².